The molecule has 5 aliphatic rings. The summed E-state index contributed by atoms with van der Waals surface area (Å²) in [6.45, 7) is 5.18. The number of aliphatic hydroxyl groups is 1. The molecule has 1 aliphatic heterocycles. The highest BCUT2D eigenvalue weighted by Crippen LogP contribution is 2.76. The Labute approximate surface area is 171 Å². The first-order valence-corrected chi connectivity index (χ1v) is 10.9. The second kappa shape index (κ2) is 5.79. The topological polar surface area (TPSA) is 93.2 Å². The van der Waals surface area contributed by atoms with E-state index in [-0.39, 0.29) is 41.3 Å². The molecule has 6 heteroatoms. The van der Waals surface area contributed by atoms with Crippen molar-refractivity contribution in [3.63, 3.8) is 0 Å². The minimum atomic E-state index is -1.48. The lowest BCUT2D eigenvalue weighted by atomic mass is 9.46. The van der Waals surface area contributed by atoms with E-state index in [0.717, 1.165) is 25.7 Å². The van der Waals surface area contributed by atoms with Crippen LogP contribution in [0.2, 0.25) is 0 Å². The van der Waals surface area contributed by atoms with Gasteiger partial charge in [-0.2, -0.15) is 0 Å². The predicted octanol–water partition coefficient (Wildman–Crippen LogP) is 2.51. The Morgan fingerprint density at radius 1 is 1.21 bits per heavy atom. The first kappa shape index (κ1) is 19.4. The van der Waals surface area contributed by atoms with Crippen molar-refractivity contribution >= 4 is 17.5 Å². The quantitative estimate of drug-likeness (QED) is 0.576. The van der Waals surface area contributed by atoms with Crippen LogP contribution in [0.4, 0.5) is 0 Å². The van der Waals surface area contributed by atoms with Gasteiger partial charge in [-0.3, -0.25) is 14.4 Å². The molecule has 5 rings (SSSR count). The van der Waals surface area contributed by atoms with Crippen LogP contribution < -0.4 is 0 Å². The molecular weight excluding hydrogens is 372 g/mol. The molecule has 0 radical (unpaired) electrons. The van der Waals surface area contributed by atoms with Crippen molar-refractivity contribution in [3.05, 3.63) is 11.6 Å². The van der Waals surface area contributed by atoms with Crippen LogP contribution in [0.25, 0.3) is 0 Å². The molecule has 4 fully saturated rings. The van der Waals surface area contributed by atoms with Crippen molar-refractivity contribution in [3.8, 4) is 0 Å². The fourth-order valence-electron chi connectivity index (χ4n) is 7.77. The number of ketones is 2. The highest BCUT2D eigenvalue weighted by atomic mass is 16.6. The molecule has 4 aliphatic carbocycles. The van der Waals surface area contributed by atoms with Crippen LogP contribution in [-0.4, -0.2) is 46.6 Å². The van der Waals surface area contributed by atoms with Gasteiger partial charge in [0.25, 0.3) is 0 Å². The lowest BCUT2D eigenvalue weighted by Gasteiger charge is -2.56. The number of Topliss-reactive ketones (excluding diaryl/α,β-unsaturated/α-hetero) is 1. The molecule has 158 valence electrons. The van der Waals surface area contributed by atoms with Gasteiger partial charge in [-0.15, -0.1) is 0 Å². The summed E-state index contributed by atoms with van der Waals surface area (Å²) in [6, 6.07) is 0. The number of hydrogen-bond donors (Lipinski definition) is 1. The van der Waals surface area contributed by atoms with Gasteiger partial charge in [0.2, 0.25) is 5.78 Å². The zero-order valence-electron chi connectivity index (χ0n) is 17.5. The number of epoxide rings is 1. The van der Waals surface area contributed by atoms with Crippen LogP contribution in [0.15, 0.2) is 11.6 Å². The highest BCUT2D eigenvalue weighted by Gasteiger charge is 2.81. The van der Waals surface area contributed by atoms with Crippen LogP contribution in [0.3, 0.4) is 0 Å². The summed E-state index contributed by atoms with van der Waals surface area (Å²) in [5.41, 5.74) is -1.22. The van der Waals surface area contributed by atoms with Gasteiger partial charge >= 0.3 is 5.97 Å². The fourth-order valence-corrected chi connectivity index (χ4v) is 7.77. The first-order valence-electron chi connectivity index (χ1n) is 10.9. The van der Waals surface area contributed by atoms with E-state index in [1.807, 2.05) is 13.0 Å². The predicted molar refractivity (Wildman–Crippen MR) is 103 cm³/mol. The molecule has 2 unspecified atom stereocenters. The minimum Gasteiger partial charge on any atom is -0.458 e. The maximum atomic E-state index is 12.9. The second-order valence-corrected chi connectivity index (χ2v) is 10.3. The third kappa shape index (κ3) is 2.22. The van der Waals surface area contributed by atoms with Gasteiger partial charge in [-0.05, 0) is 56.4 Å². The molecule has 0 aromatic heterocycles. The molecule has 3 saturated carbocycles. The van der Waals surface area contributed by atoms with Crippen LogP contribution in [0.1, 0.15) is 65.7 Å². The number of esters is 1. The average Bonchev–Trinajstić information content (AvgIpc) is 3.32. The van der Waals surface area contributed by atoms with Gasteiger partial charge in [0.05, 0.1) is 6.10 Å². The summed E-state index contributed by atoms with van der Waals surface area (Å²) in [7, 11) is 0. The molecule has 1 saturated heterocycles. The summed E-state index contributed by atoms with van der Waals surface area (Å²) in [5, 5.41) is 11.5. The summed E-state index contributed by atoms with van der Waals surface area (Å²) >= 11 is 0. The van der Waals surface area contributed by atoms with Crippen molar-refractivity contribution in [2.24, 2.45) is 22.7 Å². The molecule has 1 spiro atoms. The third-order valence-corrected chi connectivity index (χ3v) is 9.35. The van der Waals surface area contributed by atoms with Crippen LogP contribution in [0, 0.1) is 22.7 Å². The molecule has 0 bridgehead atoms. The fraction of sp³-hybridized carbons (Fsp3) is 0.783. The Kier molecular flexibility index (Phi) is 3.88. The van der Waals surface area contributed by atoms with Gasteiger partial charge < -0.3 is 14.6 Å². The average molecular weight is 402 g/mol. The number of hydrogen-bond acceptors (Lipinski definition) is 6. The zero-order chi connectivity index (χ0) is 20.8. The van der Waals surface area contributed by atoms with E-state index in [1.165, 1.54) is 12.5 Å². The van der Waals surface area contributed by atoms with Gasteiger partial charge in [-0.1, -0.05) is 19.4 Å². The number of rotatable bonds is 3. The molecule has 6 nitrogen and oxygen atoms in total. The Hall–Kier alpha value is -1.53. The number of carbonyl (C=O) groups excluding carboxylic acids is 3. The standard InChI is InChI=1S/C23H30O6/c1-13(24)28-12-18(26)22(27)9-7-16-17-5-4-14-10-15(25)6-8-20(14,2)23(17)19(29-23)11-21(16,22)3/h10,16-17,19,27H,4-9,11-12H2,1-3H3/t16?,17?,19-,20-,21-,22-,23+/m0/s1. The van der Waals surface area contributed by atoms with Crippen LogP contribution >= 0.6 is 0 Å². The Morgan fingerprint density at radius 2 is 1.97 bits per heavy atom. The number of carbonyl (C=O) groups is 3. The largest absolute Gasteiger partial charge is 0.458 e. The molecule has 1 N–H and O–H groups in total. The van der Waals surface area contributed by atoms with E-state index in [0.29, 0.717) is 19.3 Å². The van der Waals surface area contributed by atoms with Gasteiger partial charge in [0.15, 0.2) is 12.4 Å². The third-order valence-electron chi connectivity index (χ3n) is 9.35. The van der Waals surface area contributed by atoms with Crippen molar-refractivity contribution in [1.82, 2.24) is 0 Å². The maximum absolute atomic E-state index is 12.9. The molecular formula is C23H30O6. The van der Waals surface area contributed by atoms with E-state index in [4.69, 9.17) is 9.47 Å². The van der Waals surface area contributed by atoms with Gasteiger partial charge in [0.1, 0.15) is 11.2 Å². The summed E-state index contributed by atoms with van der Waals surface area (Å²) in [6.07, 6.45) is 6.88. The Bertz CT molecular complexity index is 846. The molecule has 0 aromatic rings. The monoisotopic (exact) mass is 402 g/mol. The van der Waals surface area contributed by atoms with Gasteiger partial charge in [0, 0.05) is 24.2 Å². The van der Waals surface area contributed by atoms with Crippen molar-refractivity contribution < 1.29 is 29.0 Å². The van der Waals surface area contributed by atoms with Gasteiger partial charge in [-0.25, -0.2) is 0 Å². The normalized spacial score (nSPS) is 49.9. The zero-order valence-corrected chi connectivity index (χ0v) is 17.5. The SMILES string of the molecule is CC(=O)OCC(=O)[C@@]1(O)CCC2C3CCC4=CC(=O)CC[C@]4(C)[C@@]34O[C@H]4C[C@@]21C. The lowest BCUT2D eigenvalue weighted by molar-refractivity contribution is -0.166. The smallest absolute Gasteiger partial charge is 0.303 e. The van der Waals surface area contributed by atoms with E-state index >= 15 is 0 Å². The van der Waals surface area contributed by atoms with E-state index in [9.17, 15) is 19.5 Å². The summed E-state index contributed by atoms with van der Waals surface area (Å²) in [4.78, 5) is 36.1. The number of fused-ring (bicyclic) bond motifs is 3. The van der Waals surface area contributed by atoms with E-state index in [2.05, 4.69) is 6.92 Å². The second-order valence-electron chi connectivity index (χ2n) is 10.3. The number of ether oxygens (including phenoxy) is 2. The Morgan fingerprint density at radius 3 is 2.69 bits per heavy atom. The maximum Gasteiger partial charge on any atom is 0.303 e. The van der Waals surface area contributed by atoms with Crippen molar-refractivity contribution in [1.29, 1.82) is 0 Å². The Balaban J connectivity index is 1.48. The van der Waals surface area contributed by atoms with Crippen molar-refractivity contribution in [2.75, 3.05) is 6.61 Å². The summed E-state index contributed by atoms with van der Waals surface area (Å²) < 4.78 is 11.4. The highest BCUT2D eigenvalue weighted by molar-refractivity contribution is 5.92. The molecule has 7 atom stereocenters. The summed E-state index contributed by atoms with van der Waals surface area (Å²) in [5.74, 6) is -0.227. The molecule has 29 heavy (non-hydrogen) atoms. The van der Waals surface area contributed by atoms with Crippen molar-refractivity contribution in [2.45, 2.75) is 83.0 Å². The van der Waals surface area contributed by atoms with E-state index < -0.39 is 22.8 Å². The first-order chi connectivity index (χ1) is 13.6. The molecule has 0 aromatic carbocycles. The van der Waals surface area contributed by atoms with Crippen LogP contribution in [-0.2, 0) is 23.9 Å². The minimum absolute atomic E-state index is 0.00167. The van der Waals surface area contributed by atoms with E-state index in [1.54, 1.807) is 0 Å². The lowest BCUT2D eigenvalue weighted by Crippen LogP contribution is -2.62. The molecule has 0 amide bonds. The molecule has 1 heterocycles. The van der Waals surface area contributed by atoms with Crippen LogP contribution in [0.5, 0.6) is 0 Å².